The summed E-state index contributed by atoms with van der Waals surface area (Å²) in [6.07, 6.45) is 7.88. The first kappa shape index (κ1) is 19.5. The Hall–Kier alpha value is -4.26. The van der Waals surface area contributed by atoms with Crippen molar-refractivity contribution < 1.29 is 4.79 Å². The van der Waals surface area contributed by atoms with Gasteiger partial charge in [-0.15, -0.1) is 0 Å². The molecule has 0 aliphatic carbocycles. The van der Waals surface area contributed by atoms with Gasteiger partial charge in [0.2, 0.25) is 0 Å². The highest BCUT2D eigenvalue weighted by atomic mass is 16.1. The minimum atomic E-state index is -0.200. The van der Waals surface area contributed by atoms with Gasteiger partial charge in [0.05, 0.1) is 5.70 Å². The van der Waals surface area contributed by atoms with E-state index in [1.165, 1.54) is 12.4 Å². The fraction of sp³-hybridized carbons (Fsp3) is 0. The van der Waals surface area contributed by atoms with Crippen LogP contribution in [0.1, 0.15) is 10.4 Å². The van der Waals surface area contributed by atoms with E-state index in [4.69, 9.17) is 11.5 Å². The number of benzene rings is 2. The SMILES string of the molecule is N/C=C\C(=C/N)Nc1cccc(NC(=O)c2ccc(Nc3ccncc3)cc2)c1. The summed E-state index contributed by atoms with van der Waals surface area (Å²) in [5.41, 5.74) is 15.4. The van der Waals surface area contributed by atoms with Gasteiger partial charge in [0.15, 0.2) is 0 Å². The fourth-order valence-corrected chi connectivity index (χ4v) is 2.59. The molecule has 2 aromatic carbocycles. The molecule has 146 valence electrons. The number of hydrogen-bond acceptors (Lipinski definition) is 6. The van der Waals surface area contributed by atoms with Gasteiger partial charge >= 0.3 is 0 Å². The van der Waals surface area contributed by atoms with Crippen LogP contribution in [0.25, 0.3) is 0 Å². The molecule has 29 heavy (non-hydrogen) atoms. The molecular weight excluding hydrogens is 364 g/mol. The first-order valence-corrected chi connectivity index (χ1v) is 8.93. The van der Waals surface area contributed by atoms with Gasteiger partial charge in [-0.25, -0.2) is 0 Å². The lowest BCUT2D eigenvalue weighted by Crippen LogP contribution is -2.12. The number of nitrogens with two attached hydrogens (primary N) is 2. The molecule has 0 saturated heterocycles. The Morgan fingerprint density at radius 2 is 1.48 bits per heavy atom. The molecule has 0 bridgehead atoms. The number of nitrogens with one attached hydrogen (secondary N) is 3. The molecule has 0 fully saturated rings. The number of rotatable bonds is 7. The number of amides is 1. The Kier molecular flexibility index (Phi) is 6.46. The van der Waals surface area contributed by atoms with Crippen LogP contribution in [0.5, 0.6) is 0 Å². The fourth-order valence-electron chi connectivity index (χ4n) is 2.59. The zero-order valence-electron chi connectivity index (χ0n) is 15.7. The molecule has 1 amide bonds. The minimum absolute atomic E-state index is 0.200. The second-order valence-corrected chi connectivity index (χ2v) is 6.08. The smallest absolute Gasteiger partial charge is 0.255 e. The van der Waals surface area contributed by atoms with Crippen molar-refractivity contribution in [3.05, 3.63) is 103 Å². The van der Waals surface area contributed by atoms with Crippen LogP contribution >= 0.6 is 0 Å². The number of nitrogens with zero attached hydrogens (tertiary/aromatic N) is 1. The third kappa shape index (κ3) is 5.61. The van der Waals surface area contributed by atoms with Gasteiger partial charge in [-0.3, -0.25) is 9.78 Å². The lowest BCUT2D eigenvalue weighted by molar-refractivity contribution is 0.102. The van der Waals surface area contributed by atoms with Crippen molar-refractivity contribution >= 4 is 28.7 Å². The lowest BCUT2D eigenvalue weighted by Gasteiger charge is -2.11. The van der Waals surface area contributed by atoms with E-state index in [0.29, 0.717) is 16.9 Å². The number of aromatic nitrogens is 1. The van der Waals surface area contributed by atoms with Crippen LogP contribution in [-0.2, 0) is 0 Å². The topological polar surface area (TPSA) is 118 Å². The highest BCUT2D eigenvalue weighted by Crippen LogP contribution is 2.19. The van der Waals surface area contributed by atoms with E-state index in [1.807, 2.05) is 48.5 Å². The molecule has 0 atom stereocenters. The molecular formula is C22H22N6O. The lowest BCUT2D eigenvalue weighted by atomic mass is 10.1. The number of carbonyl (C=O) groups excluding carboxylic acids is 1. The maximum absolute atomic E-state index is 12.6. The molecule has 0 saturated carbocycles. The third-order valence-electron chi connectivity index (χ3n) is 3.98. The number of hydrogen-bond donors (Lipinski definition) is 5. The van der Waals surface area contributed by atoms with Crippen molar-refractivity contribution in [1.82, 2.24) is 4.98 Å². The van der Waals surface area contributed by atoms with Crippen LogP contribution in [0, 0.1) is 0 Å². The Morgan fingerprint density at radius 3 is 2.14 bits per heavy atom. The van der Waals surface area contributed by atoms with Crippen LogP contribution in [-0.4, -0.2) is 10.9 Å². The maximum Gasteiger partial charge on any atom is 0.255 e. The molecule has 1 heterocycles. The van der Waals surface area contributed by atoms with E-state index >= 15 is 0 Å². The van der Waals surface area contributed by atoms with Crippen molar-refractivity contribution in [2.75, 3.05) is 16.0 Å². The van der Waals surface area contributed by atoms with Crippen LogP contribution in [0.4, 0.5) is 22.7 Å². The van der Waals surface area contributed by atoms with Crippen molar-refractivity contribution in [1.29, 1.82) is 0 Å². The number of anilines is 4. The second-order valence-electron chi connectivity index (χ2n) is 6.08. The summed E-state index contributed by atoms with van der Waals surface area (Å²) < 4.78 is 0. The summed E-state index contributed by atoms with van der Waals surface area (Å²) in [6, 6.07) is 18.3. The molecule has 1 aromatic heterocycles. The second kappa shape index (κ2) is 9.61. The zero-order chi connectivity index (χ0) is 20.5. The van der Waals surface area contributed by atoms with E-state index in [-0.39, 0.29) is 5.91 Å². The molecule has 0 aliphatic heterocycles. The summed E-state index contributed by atoms with van der Waals surface area (Å²) in [4.78, 5) is 16.5. The molecule has 7 N–H and O–H groups in total. The number of carbonyl (C=O) groups is 1. The van der Waals surface area contributed by atoms with Crippen LogP contribution in [0.15, 0.2) is 97.2 Å². The Morgan fingerprint density at radius 1 is 0.828 bits per heavy atom. The van der Waals surface area contributed by atoms with Crippen molar-refractivity contribution in [3.63, 3.8) is 0 Å². The summed E-state index contributed by atoms with van der Waals surface area (Å²) in [5, 5.41) is 9.26. The first-order chi connectivity index (χ1) is 14.2. The summed E-state index contributed by atoms with van der Waals surface area (Å²) in [6.45, 7) is 0. The van der Waals surface area contributed by atoms with Crippen LogP contribution < -0.4 is 27.4 Å². The molecule has 7 nitrogen and oxygen atoms in total. The maximum atomic E-state index is 12.6. The van der Waals surface area contributed by atoms with E-state index in [0.717, 1.165) is 17.1 Å². The molecule has 3 rings (SSSR count). The molecule has 7 heteroatoms. The van der Waals surface area contributed by atoms with Crippen molar-refractivity contribution in [3.8, 4) is 0 Å². The minimum Gasteiger partial charge on any atom is -0.405 e. The van der Waals surface area contributed by atoms with Gasteiger partial charge in [-0.2, -0.15) is 0 Å². The normalized spacial score (nSPS) is 11.2. The highest BCUT2D eigenvalue weighted by Gasteiger charge is 2.07. The molecule has 0 unspecified atom stereocenters. The van der Waals surface area contributed by atoms with Gasteiger partial charge in [-0.1, -0.05) is 6.07 Å². The van der Waals surface area contributed by atoms with Gasteiger partial charge in [0.25, 0.3) is 5.91 Å². The Balaban J connectivity index is 1.65. The quantitative estimate of drug-likeness (QED) is 0.395. The van der Waals surface area contributed by atoms with Crippen LogP contribution in [0.3, 0.4) is 0 Å². The highest BCUT2D eigenvalue weighted by molar-refractivity contribution is 6.04. The number of pyridine rings is 1. The molecule has 0 spiro atoms. The Bertz CT molecular complexity index is 1010. The van der Waals surface area contributed by atoms with E-state index in [9.17, 15) is 4.79 Å². The average molecular weight is 386 g/mol. The van der Waals surface area contributed by atoms with Gasteiger partial charge < -0.3 is 27.4 Å². The Labute approximate surface area is 169 Å². The largest absolute Gasteiger partial charge is 0.405 e. The summed E-state index contributed by atoms with van der Waals surface area (Å²) in [7, 11) is 0. The zero-order valence-corrected chi connectivity index (χ0v) is 15.7. The standard InChI is InChI=1S/C22H22N6O/c23-11-8-21(15-24)27-19-2-1-3-20(14-19)28-22(29)16-4-6-17(7-5-16)26-18-9-12-25-13-10-18/h1-15,27H,23-24H2,(H,25,26)(H,28,29)/b11-8-,21-15+. The summed E-state index contributed by atoms with van der Waals surface area (Å²) >= 11 is 0. The van der Waals surface area contributed by atoms with Gasteiger partial charge in [-0.05, 0) is 66.9 Å². The van der Waals surface area contributed by atoms with E-state index in [1.54, 1.807) is 30.6 Å². The van der Waals surface area contributed by atoms with Crippen LogP contribution in [0.2, 0.25) is 0 Å². The monoisotopic (exact) mass is 386 g/mol. The molecule has 3 aromatic rings. The number of allylic oxidation sites excluding steroid dienone is 1. The molecule has 0 radical (unpaired) electrons. The van der Waals surface area contributed by atoms with E-state index < -0.39 is 0 Å². The molecule has 0 aliphatic rings. The van der Waals surface area contributed by atoms with E-state index in [2.05, 4.69) is 20.9 Å². The van der Waals surface area contributed by atoms with Gasteiger partial charge in [0, 0.05) is 46.9 Å². The predicted molar refractivity (Wildman–Crippen MR) is 118 cm³/mol. The van der Waals surface area contributed by atoms with Crippen molar-refractivity contribution in [2.24, 2.45) is 11.5 Å². The first-order valence-electron chi connectivity index (χ1n) is 8.93. The average Bonchev–Trinajstić information content (AvgIpc) is 2.75. The van der Waals surface area contributed by atoms with Crippen molar-refractivity contribution in [2.45, 2.75) is 0 Å². The third-order valence-corrected chi connectivity index (χ3v) is 3.98. The van der Waals surface area contributed by atoms with Gasteiger partial charge in [0.1, 0.15) is 0 Å². The predicted octanol–water partition coefficient (Wildman–Crippen LogP) is 3.76. The summed E-state index contributed by atoms with van der Waals surface area (Å²) in [5.74, 6) is -0.200.